The SMILES string of the molecule is CCOc1ccc(C)cc1C(O)c1ccc(Br)c(F)c1. The van der Waals surface area contributed by atoms with E-state index in [4.69, 9.17) is 4.74 Å². The van der Waals surface area contributed by atoms with Crippen molar-refractivity contribution in [3.63, 3.8) is 0 Å². The third-order valence-electron chi connectivity index (χ3n) is 3.02. The zero-order valence-electron chi connectivity index (χ0n) is 11.4. The summed E-state index contributed by atoms with van der Waals surface area (Å²) >= 11 is 3.10. The van der Waals surface area contributed by atoms with Gasteiger partial charge in [0.05, 0.1) is 11.1 Å². The molecule has 0 bridgehead atoms. The second kappa shape index (κ2) is 6.37. The van der Waals surface area contributed by atoms with Crippen LogP contribution in [0.4, 0.5) is 4.39 Å². The molecule has 0 saturated carbocycles. The van der Waals surface area contributed by atoms with Gasteiger partial charge in [-0.25, -0.2) is 4.39 Å². The maximum absolute atomic E-state index is 13.6. The standard InChI is InChI=1S/C16H16BrFO2/c1-3-20-15-7-4-10(2)8-12(15)16(19)11-5-6-13(17)14(18)9-11/h4-9,16,19H,3H2,1-2H3. The summed E-state index contributed by atoms with van der Waals surface area (Å²) in [4.78, 5) is 0. The van der Waals surface area contributed by atoms with Gasteiger partial charge in [0.25, 0.3) is 0 Å². The number of aliphatic hydroxyl groups excluding tert-OH is 1. The van der Waals surface area contributed by atoms with Gasteiger partial charge >= 0.3 is 0 Å². The lowest BCUT2D eigenvalue weighted by atomic mass is 9.99. The van der Waals surface area contributed by atoms with Crippen LogP contribution in [0.15, 0.2) is 40.9 Å². The van der Waals surface area contributed by atoms with Crippen LogP contribution in [-0.2, 0) is 0 Å². The molecule has 2 rings (SSSR count). The van der Waals surface area contributed by atoms with Gasteiger partial charge < -0.3 is 9.84 Å². The summed E-state index contributed by atoms with van der Waals surface area (Å²) in [5.74, 6) is 0.223. The molecular formula is C16H16BrFO2. The van der Waals surface area contributed by atoms with E-state index in [1.165, 1.54) is 6.07 Å². The molecule has 2 aromatic carbocycles. The predicted molar refractivity (Wildman–Crippen MR) is 80.5 cm³/mol. The molecule has 0 saturated heterocycles. The van der Waals surface area contributed by atoms with Crippen molar-refractivity contribution in [1.29, 1.82) is 0 Å². The highest BCUT2D eigenvalue weighted by Crippen LogP contribution is 2.32. The van der Waals surface area contributed by atoms with Crippen molar-refractivity contribution in [1.82, 2.24) is 0 Å². The normalized spacial score (nSPS) is 12.2. The molecule has 0 heterocycles. The second-order valence-electron chi connectivity index (χ2n) is 4.55. The van der Waals surface area contributed by atoms with Crippen LogP contribution >= 0.6 is 15.9 Å². The molecule has 0 aliphatic carbocycles. The Morgan fingerprint density at radius 2 is 2.00 bits per heavy atom. The lowest BCUT2D eigenvalue weighted by molar-refractivity contribution is 0.211. The van der Waals surface area contributed by atoms with Crippen LogP contribution in [0.5, 0.6) is 5.75 Å². The third kappa shape index (κ3) is 3.19. The van der Waals surface area contributed by atoms with Crippen molar-refractivity contribution in [2.24, 2.45) is 0 Å². The molecule has 0 spiro atoms. The number of halogens is 2. The van der Waals surface area contributed by atoms with Gasteiger partial charge in [0, 0.05) is 5.56 Å². The van der Waals surface area contributed by atoms with Crippen LogP contribution in [0.2, 0.25) is 0 Å². The van der Waals surface area contributed by atoms with E-state index in [0.29, 0.717) is 28.0 Å². The molecule has 1 N–H and O–H groups in total. The van der Waals surface area contributed by atoms with Crippen LogP contribution in [0.1, 0.15) is 29.7 Å². The molecule has 0 fully saturated rings. The van der Waals surface area contributed by atoms with Crippen LogP contribution in [0, 0.1) is 12.7 Å². The van der Waals surface area contributed by atoms with Crippen LogP contribution in [0.25, 0.3) is 0 Å². The van der Waals surface area contributed by atoms with Crippen molar-refractivity contribution in [2.75, 3.05) is 6.61 Å². The minimum absolute atomic E-state index is 0.378. The lowest BCUT2D eigenvalue weighted by Gasteiger charge is -2.17. The summed E-state index contributed by atoms with van der Waals surface area (Å²) in [6, 6.07) is 10.2. The van der Waals surface area contributed by atoms with E-state index in [2.05, 4.69) is 15.9 Å². The third-order valence-corrected chi connectivity index (χ3v) is 3.66. The maximum Gasteiger partial charge on any atom is 0.137 e. The highest BCUT2D eigenvalue weighted by molar-refractivity contribution is 9.10. The Bertz CT molecular complexity index is 613. The first-order valence-corrected chi connectivity index (χ1v) is 7.18. The van der Waals surface area contributed by atoms with Gasteiger partial charge in [-0.2, -0.15) is 0 Å². The molecule has 2 aromatic rings. The summed E-state index contributed by atoms with van der Waals surface area (Å²) in [6.07, 6.45) is -0.918. The quantitative estimate of drug-likeness (QED) is 0.896. The first-order chi connectivity index (χ1) is 9.52. The van der Waals surface area contributed by atoms with Gasteiger partial charge in [-0.05, 0) is 59.6 Å². The Kier molecular flexibility index (Phi) is 4.78. The van der Waals surface area contributed by atoms with E-state index in [0.717, 1.165) is 5.56 Å². The number of hydrogen-bond acceptors (Lipinski definition) is 2. The Balaban J connectivity index is 2.43. The van der Waals surface area contributed by atoms with E-state index in [9.17, 15) is 9.50 Å². The molecule has 1 unspecified atom stereocenters. The van der Waals surface area contributed by atoms with Crippen LogP contribution in [0.3, 0.4) is 0 Å². The minimum Gasteiger partial charge on any atom is -0.493 e. The first kappa shape index (κ1) is 15.0. The topological polar surface area (TPSA) is 29.5 Å². The molecule has 0 aliphatic heterocycles. The van der Waals surface area contributed by atoms with E-state index in [1.807, 2.05) is 32.0 Å². The fourth-order valence-corrected chi connectivity index (χ4v) is 2.28. The Morgan fingerprint density at radius 1 is 1.25 bits per heavy atom. The van der Waals surface area contributed by atoms with Crippen molar-refractivity contribution in [3.05, 3.63) is 63.4 Å². The molecule has 106 valence electrons. The largest absolute Gasteiger partial charge is 0.493 e. The van der Waals surface area contributed by atoms with Gasteiger partial charge in [-0.15, -0.1) is 0 Å². The molecular weight excluding hydrogens is 323 g/mol. The van der Waals surface area contributed by atoms with Crippen molar-refractivity contribution >= 4 is 15.9 Å². The molecule has 20 heavy (non-hydrogen) atoms. The van der Waals surface area contributed by atoms with Crippen molar-refractivity contribution < 1.29 is 14.2 Å². The zero-order chi connectivity index (χ0) is 14.7. The molecule has 0 aliphatic rings. The van der Waals surface area contributed by atoms with Crippen molar-refractivity contribution in [2.45, 2.75) is 20.0 Å². The predicted octanol–water partition coefficient (Wildman–Crippen LogP) is 4.38. The first-order valence-electron chi connectivity index (χ1n) is 6.39. The smallest absolute Gasteiger partial charge is 0.137 e. The Morgan fingerprint density at radius 3 is 2.65 bits per heavy atom. The van der Waals surface area contributed by atoms with Gasteiger partial charge in [-0.3, -0.25) is 0 Å². The number of rotatable bonds is 4. The lowest BCUT2D eigenvalue weighted by Crippen LogP contribution is -2.05. The number of aliphatic hydroxyl groups is 1. The Labute approximate surface area is 126 Å². The molecule has 0 radical (unpaired) electrons. The van der Waals surface area contributed by atoms with E-state index in [1.54, 1.807) is 12.1 Å². The Hall–Kier alpha value is -1.39. The van der Waals surface area contributed by atoms with Gasteiger partial charge in [0.2, 0.25) is 0 Å². The van der Waals surface area contributed by atoms with Crippen molar-refractivity contribution in [3.8, 4) is 5.75 Å². The van der Waals surface area contributed by atoms with Gasteiger partial charge in [-0.1, -0.05) is 17.7 Å². The number of hydrogen-bond donors (Lipinski definition) is 1. The molecule has 4 heteroatoms. The average Bonchev–Trinajstić information content (AvgIpc) is 2.43. The van der Waals surface area contributed by atoms with Crippen LogP contribution < -0.4 is 4.74 Å². The van der Waals surface area contributed by atoms with Gasteiger partial charge in [0.15, 0.2) is 0 Å². The summed E-state index contributed by atoms with van der Waals surface area (Å²) in [5, 5.41) is 10.5. The van der Waals surface area contributed by atoms with E-state index < -0.39 is 11.9 Å². The molecule has 1 atom stereocenters. The summed E-state index contributed by atoms with van der Waals surface area (Å²) in [5.41, 5.74) is 2.16. The maximum atomic E-state index is 13.6. The summed E-state index contributed by atoms with van der Waals surface area (Å²) < 4.78 is 19.5. The summed E-state index contributed by atoms with van der Waals surface area (Å²) in [6.45, 7) is 4.33. The molecule has 2 nitrogen and oxygen atoms in total. The van der Waals surface area contributed by atoms with Crippen LogP contribution in [-0.4, -0.2) is 11.7 Å². The number of aryl methyl sites for hydroxylation is 1. The molecule has 0 amide bonds. The summed E-state index contributed by atoms with van der Waals surface area (Å²) in [7, 11) is 0. The van der Waals surface area contributed by atoms with E-state index >= 15 is 0 Å². The highest BCUT2D eigenvalue weighted by atomic mass is 79.9. The van der Waals surface area contributed by atoms with E-state index in [-0.39, 0.29) is 0 Å². The monoisotopic (exact) mass is 338 g/mol. The second-order valence-corrected chi connectivity index (χ2v) is 5.40. The average molecular weight is 339 g/mol. The molecule has 0 aromatic heterocycles. The highest BCUT2D eigenvalue weighted by Gasteiger charge is 2.17. The minimum atomic E-state index is -0.918. The fraction of sp³-hybridized carbons (Fsp3) is 0.250. The number of benzene rings is 2. The zero-order valence-corrected chi connectivity index (χ0v) is 12.9. The number of ether oxygens (including phenoxy) is 1. The fourth-order valence-electron chi connectivity index (χ4n) is 2.03. The van der Waals surface area contributed by atoms with Gasteiger partial charge in [0.1, 0.15) is 17.7 Å².